The number of carbonyl (C=O) groups excluding carboxylic acids is 2. The fourth-order valence-corrected chi connectivity index (χ4v) is 3.50. The van der Waals surface area contributed by atoms with Gasteiger partial charge in [-0.3, -0.25) is 14.5 Å². The standard InChI is InChI=1S/C19H28N4O2/c1-13(19(25)22(2)12-18(24)21-15-8-9-15)23-10-16(17(20)11-23)14-6-4-3-5-7-14/h3-7,13,15-17H,8-12,20H2,1-2H3,(H,21,24)/t13?,16-,17+/m0/s1. The largest absolute Gasteiger partial charge is 0.352 e. The zero-order chi connectivity index (χ0) is 18.0. The summed E-state index contributed by atoms with van der Waals surface area (Å²) in [5, 5.41) is 2.92. The van der Waals surface area contributed by atoms with Crippen LogP contribution >= 0.6 is 0 Å². The molecular formula is C19H28N4O2. The van der Waals surface area contributed by atoms with E-state index >= 15 is 0 Å². The van der Waals surface area contributed by atoms with E-state index in [1.165, 1.54) is 10.5 Å². The van der Waals surface area contributed by atoms with Crippen LogP contribution in [0.1, 0.15) is 31.2 Å². The average Bonchev–Trinajstić information content (AvgIpc) is 3.32. The van der Waals surface area contributed by atoms with E-state index in [9.17, 15) is 9.59 Å². The summed E-state index contributed by atoms with van der Waals surface area (Å²) in [5.41, 5.74) is 7.54. The van der Waals surface area contributed by atoms with Crippen LogP contribution in [0.25, 0.3) is 0 Å². The summed E-state index contributed by atoms with van der Waals surface area (Å²) in [6.45, 7) is 3.47. The number of likely N-dealkylation sites (N-methyl/N-ethyl adjacent to an activating group) is 1. The smallest absolute Gasteiger partial charge is 0.239 e. The van der Waals surface area contributed by atoms with Crippen molar-refractivity contribution in [1.82, 2.24) is 15.1 Å². The van der Waals surface area contributed by atoms with Crippen LogP contribution in [0.15, 0.2) is 30.3 Å². The highest BCUT2D eigenvalue weighted by molar-refractivity contribution is 5.87. The number of carbonyl (C=O) groups is 2. The van der Waals surface area contributed by atoms with Crippen LogP contribution in [-0.2, 0) is 9.59 Å². The third-order valence-corrected chi connectivity index (χ3v) is 5.23. The molecule has 0 aromatic heterocycles. The van der Waals surface area contributed by atoms with Gasteiger partial charge in [-0.05, 0) is 25.3 Å². The molecule has 1 unspecified atom stereocenters. The van der Waals surface area contributed by atoms with E-state index in [1.807, 2.05) is 25.1 Å². The number of nitrogens with two attached hydrogens (primary N) is 1. The maximum atomic E-state index is 12.7. The molecule has 1 saturated carbocycles. The van der Waals surface area contributed by atoms with Gasteiger partial charge in [-0.25, -0.2) is 0 Å². The van der Waals surface area contributed by atoms with Crippen molar-refractivity contribution in [3.63, 3.8) is 0 Å². The zero-order valence-electron chi connectivity index (χ0n) is 15.0. The molecule has 0 spiro atoms. The van der Waals surface area contributed by atoms with Crippen LogP contribution in [0.2, 0.25) is 0 Å². The Morgan fingerprint density at radius 1 is 1.28 bits per heavy atom. The lowest BCUT2D eigenvalue weighted by Gasteiger charge is -2.27. The van der Waals surface area contributed by atoms with E-state index in [0.29, 0.717) is 12.6 Å². The summed E-state index contributed by atoms with van der Waals surface area (Å²) in [6, 6.07) is 10.3. The van der Waals surface area contributed by atoms with Crippen molar-refractivity contribution in [2.45, 2.75) is 43.8 Å². The number of hydrogen-bond acceptors (Lipinski definition) is 4. The van der Waals surface area contributed by atoms with Gasteiger partial charge >= 0.3 is 0 Å². The molecule has 2 aliphatic rings. The first-order chi connectivity index (χ1) is 12.0. The lowest BCUT2D eigenvalue weighted by Crippen LogP contribution is -2.48. The topological polar surface area (TPSA) is 78.7 Å². The van der Waals surface area contributed by atoms with Crippen molar-refractivity contribution in [2.24, 2.45) is 5.73 Å². The second kappa shape index (κ2) is 7.54. The second-order valence-electron chi connectivity index (χ2n) is 7.35. The van der Waals surface area contributed by atoms with Gasteiger partial charge in [0.15, 0.2) is 0 Å². The minimum Gasteiger partial charge on any atom is -0.352 e. The van der Waals surface area contributed by atoms with Gasteiger partial charge in [0, 0.05) is 38.1 Å². The second-order valence-corrected chi connectivity index (χ2v) is 7.35. The van der Waals surface area contributed by atoms with Gasteiger partial charge < -0.3 is 16.0 Å². The predicted octanol–water partition coefficient (Wildman–Crippen LogP) is 0.539. The summed E-state index contributed by atoms with van der Waals surface area (Å²) in [7, 11) is 1.69. The Morgan fingerprint density at radius 2 is 1.96 bits per heavy atom. The molecule has 3 atom stereocenters. The lowest BCUT2D eigenvalue weighted by molar-refractivity contribution is -0.138. The summed E-state index contributed by atoms with van der Waals surface area (Å²) in [4.78, 5) is 28.2. The molecule has 1 heterocycles. The van der Waals surface area contributed by atoms with E-state index < -0.39 is 0 Å². The molecular weight excluding hydrogens is 316 g/mol. The van der Waals surface area contributed by atoms with Gasteiger partial charge in [-0.2, -0.15) is 0 Å². The molecule has 2 amide bonds. The van der Waals surface area contributed by atoms with Gasteiger partial charge in [0.1, 0.15) is 0 Å². The van der Waals surface area contributed by atoms with E-state index in [2.05, 4.69) is 22.3 Å². The minimum atomic E-state index is -0.279. The average molecular weight is 344 g/mol. The summed E-state index contributed by atoms with van der Waals surface area (Å²) >= 11 is 0. The van der Waals surface area contributed by atoms with E-state index in [-0.39, 0.29) is 36.4 Å². The fraction of sp³-hybridized carbons (Fsp3) is 0.579. The molecule has 25 heavy (non-hydrogen) atoms. The van der Waals surface area contributed by atoms with Crippen molar-refractivity contribution < 1.29 is 9.59 Å². The quantitative estimate of drug-likeness (QED) is 0.789. The number of likely N-dealkylation sites (tertiary alicyclic amines) is 1. The zero-order valence-corrected chi connectivity index (χ0v) is 15.0. The Kier molecular flexibility index (Phi) is 5.39. The van der Waals surface area contributed by atoms with Crippen molar-refractivity contribution in [2.75, 3.05) is 26.7 Å². The summed E-state index contributed by atoms with van der Waals surface area (Å²) in [6.07, 6.45) is 2.10. The minimum absolute atomic E-state index is 0.0149. The van der Waals surface area contributed by atoms with Crippen LogP contribution in [0.4, 0.5) is 0 Å². The molecule has 3 N–H and O–H groups in total. The van der Waals surface area contributed by atoms with E-state index in [4.69, 9.17) is 5.73 Å². The normalized spacial score (nSPS) is 24.8. The third-order valence-electron chi connectivity index (χ3n) is 5.23. The number of amides is 2. The van der Waals surface area contributed by atoms with Gasteiger partial charge in [0.05, 0.1) is 12.6 Å². The predicted molar refractivity (Wildman–Crippen MR) is 97.0 cm³/mol. The van der Waals surface area contributed by atoms with Crippen LogP contribution < -0.4 is 11.1 Å². The van der Waals surface area contributed by atoms with Gasteiger partial charge in [-0.15, -0.1) is 0 Å². The molecule has 1 aromatic rings. The molecule has 1 aliphatic carbocycles. The van der Waals surface area contributed by atoms with Crippen molar-refractivity contribution in [3.05, 3.63) is 35.9 Å². The van der Waals surface area contributed by atoms with Gasteiger partial charge in [0.25, 0.3) is 0 Å². The number of rotatable bonds is 6. The summed E-state index contributed by atoms with van der Waals surface area (Å²) < 4.78 is 0. The Labute approximate surface area is 149 Å². The molecule has 2 fully saturated rings. The highest BCUT2D eigenvalue weighted by Gasteiger charge is 2.36. The molecule has 136 valence electrons. The molecule has 6 heteroatoms. The Bertz CT molecular complexity index is 617. The van der Waals surface area contributed by atoms with Gasteiger partial charge in [0.2, 0.25) is 11.8 Å². The first-order valence-electron chi connectivity index (χ1n) is 9.04. The lowest BCUT2D eigenvalue weighted by atomic mass is 9.95. The molecule has 1 aromatic carbocycles. The van der Waals surface area contributed by atoms with Crippen LogP contribution in [0, 0.1) is 0 Å². The Balaban J connectivity index is 1.55. The number of nitrogens with one attached hydrogen (secondary N) is 1. The highest BCUT2D eigenvalue weighted by Crippen LogP contribution is 2.28. The molecule has 6 nitrogen and oxygen atoms in total. The Hall–Kier alpha value is -1.92. The van der Waals surface area contributed by atoms with Gasteiger partial charge in [-0.1, -0.05) is 30.3 Å². The first kappa shape index (κ1) is 17.9. The molecule has 1 saturated heterocycles. The molecule has 3 rings (SSSR count). The number of nitrogens with zero attached hydrogens (tertiary/aromatic N) is 2. The monoisotopic (exact) mass is 344 g/mol. The third kappa shape index (κ3) is 4.38. The SMILES string of the molecule is CC(C(=O)N(C)CC(=O)NC1CC1)N1C[C@@H](N)[C@H](c2ccccc2)C1. The van der Waals surface area contributed by atoms with Crippen LogP contribution in [0.5, 0.6) is 0 Å². The Morgan fingerprint density at radius 3 is 2.60 bits per heavy atom. The first-order valence-corrected chi connectivity index (χ1v) is 9.04. The van der Waals surface area contributed by atoms with Crippen LogP contribution in [-0.4, -0.2) is 66.4 Å². The molecule has 0 radical (unpaired) electrons. The fourth-order valence-electron chi connectivity index (χ4n) is 3.50. The van der Waals surface area contributed by atoms with Crippen molar-refractivity contribution >= 4 is 11.8 Å². The highest BCUT2D eigenvalue weighted by atomic mass is 16.2. The number of hydrogen-bond donors (Lipinski definition) is 2. The maximum absolute atomic E-state index is 12.7. The van der Waals surface area contributed by atoms with Crippen molar-refractivity contribution in [3.8, 4) is 0 Å². The van der Waals surface area contributed by atoms with E-state index in [0.717, 1.165) is 19.4 Å². The van der Waals surface area contributed by atoms with Crippen molar-refractivity contribution in [1.29, 1.82) is 0 Å². The van der Waals surface area contributed by atoms with Crippen LogP contribution in [0.3, 0.4) is 0 Å². The molecule has 1 aliphatic heterocycles. The maximum Gasteiger partial charge on any atom is 0.239 e. The summed E-state index contributed by atoms with van der Waals surface area (Å²) in [5.74, 6) is 0.123. The molecule has 0 bridgehead atoms. The number of benzene rings is 1. The van der Waals surface area contributed by atoms with E-state index in [1.54, 1.807) is 7.05 Å².